The number of esters is 1. The standard InChI is InChI=1S/C19H27FN2O2/c1-19-13-17-15(5-3-9-22(17)10-4-7-20)11-16(19)14(6-8-21-2)12-18(23)24-19/h11-12,21H,3-10,13H2,1-2H3. The molecule has 1 atom stereocenters. The lowest BCUT2D eigenvalue weighted by Crippen LogP contribution is -2.44. The molecule has 3 rings (SSSR count). The summed E-state index contributed by atoms with van der Waals surface area (Å²) in [6, 6.07) is 0. The third-order valence-electron chi connectivity index (χ3n) is 5.19. The molecule has 0 fully saturated rings. The normalized spacial score (nSPS) is 26.5. The summed E-state index contributed by atoms with van der Waals surface area (Å²) in [4.78, 5) is 14.4. The molecule has 3 aliphatic rings. The van der Waals surface area contributed by atoms with Gasteiger partial charge in [0.2, 0.25) is 0 Å². The molecule has 2 aliphatic heterocycles. The van der Waals surface area contributed by atoms with Crippen molar-refractivity contribution in [2.75, 3.05) is 33.4 Å². The number of ether oxygens (including phenoxy) is 1. The highest BCUT2D eigenvalue weighted by Crippen LogP contribution is 2.45. The van der Waals surface area contributed by atoms with E-state index in [4.69, 9.17) is 4.74 Å². The van der Waals surface area contributed by atoms with Gasteiger partial charge in [-0.05, 0) is 69.0 Å². The van der Waals surface area contributed by atoms with E-state index in [0.717, 1.165) is 50.0 Å². The third kappa shape index (κ3) is 3.27. The van der Waals surface area contributed by atoms with Crippen LogP contribution in [0, 0.1) is 0 Å². The molecule has 0 saturated heterocycles. The summed E-state index contributed by atoms with van der Waals surface area (Å²) in [5.74, 6) is -0.254. The zero-order valence-electron chi connectivity index (χ0n) is 14.7. The smallest absolute Gasteiger partial charge is 0.331 e. The van der Waals surface area contributed by atoms with E-state index in [-0.39, 0.29) is 12.6 Å². The minimum absolute atomic E-state index is 0.254. The summed E-state index contributed by atoms with van der Waals surface area (Å²) >= 11 is 0. The number of fused-ring (bicyclic) bond motifs is 1. The van der Waals surface area contributed by atoms with Gasteiger partial charge in [0.1, 0.15) is 5.60 Å². The Balaban J connectivity index is 1.93. The van der Waals surface area contributed by atoms with Crippen LogP contribution in [0.25, 0.3) is 0 Å². The van der Waals surface area contributed by atoms with Gasteiger partial charge in [0.15, 0.2) is 0 Å². The fraction of sp³-hybridized carbons (Fsp3) is 0.632. The van der Waals surface area contributed by atoms with Crippen LogP contribution in [0.2, 0.25) is 0 Å². The zero-order valence-corrected chi connectivity index (χ0v) is 14.7. The van der Waals surface area contributed by atoms with Crippen LogP contribution in [-0.2, 0) is 9.53 Å². The van der Waals surface area contributed by atoms with E-state index < -0.39 is 5.60 Å². The predicted octanol–water partition coefficient (Wildman–Crippen LogP) is 2.88. The molecule has 1 N–H and O–H groups in total. The highest BCUT2D eigenvalue weighted by Gasteiger charge is 2.43. The first kappa shape index (κ1) is 17.2. The summed E-state index contributed by atoms with van der Waals surface area (Å²) in [6.07, 6.45) is 8.09. The van der Waals surface area contributed by atoms with E-state index >= 15 is 0 Å². The monoisotopic (exact) mass is 334 g/mol. The second-order valence-electron chi connectivity index (χ2n) is 7.01. The molecule has 0 aromatic heterocycles. The summed E-state index contributed by atoms with van der Waals surface area (Å²) in [7, 11) is 1.92. The highest BCUT2D eigenvalue weighted by atomic mass is 19.1. The molecule has 0 aromatic rings. The molecule has 0 radical (unpaired) electrons. The Morgan fingerprint density at radius 1 is 1.42 bits per heavy atom. The number of hydrogen-bond acceptors (Lipinski definition) is 4. The first-order valence-electron chi connectivity index (χ1n) is 8.91. The minimum Gasteiger partial charge on any atom is -0.451 e. The third-order valence-corrected chi connectivity index (χ3v) is 5.19. The van der Waals surface area contributed by atoms with Gasteiger partial charge in [-0.1, -0.05) is 0 Å². The molecule has 2 heterocycles. The van der Waals surface area contributed by atoms with E-state index in [0.29, 0.717) is 12.8 Å². The van der Waals surface area contributed by atoms with Crippen molar-refractivity contribution >= 4 is 5.97 Å². The molecule has 1 unspecified atom stereocenters. The van der Waals surface area contributed by atoms with Crippen LogP contribution in [0.4, 0.5) is 4.39 Å². The van der Waals surface area contributed by atoms with Gasteiger partial charge in [-0.25, -0.2) is 4.79 Å². The lowest BCUT2D eigenvalue weighted by atomic mass is 9.75. The van der Waals surface area contributed by atoms with Crippen LogP contribution in [0.1, 0.15) is 39.0 Å². The van der Waals surface area contributed by atoms with E-state index in [1.165, 1.54) is 11.3 Å². The van der Waals surface area contributed by atoms with Crippen LogP contribution in [0.3, 0.4) is 0 Å². The molecule has 4 nitrogen and oxygen atoms in total. The van der Waals surface area contributed by atoms with Crippen molar-refractivity contribution < 1.29 is 13.9 Å². The molecular weight excluding hydrogens is 307 g/mol. The van der Waals surface area contributed by atoms with Gasteiger partial charge in [0.05, 0.1) is 6.67 Å². The second-order valence-corrected chi connectivity index (χ2v) is 7.01. The van der Waals surface area contributed by atoms with Crippen LogP contribution in [0.5, 0.6) is 0 Å². The van der Waals surface area contributed by atoms with Gasteiger partial charge in [0.25, 0.3) is 0 Å². The van der Waals surface area contributed by atoms with E-state index in [9.17, 15) is 9.18 Å². The molecule has 0 aromatic carbocycles. The molecule has 5 heteroatoms. The summed E-state index contributed by atoms with van der Waals surface area (Å²) in [6.45, 7) is 4.26. The van der Waals surface area contributed by atoms with Gasteiger partial charge in [-0.15, -0.1) is 0 Å². The first-order chi connectivity index (χ1) is 11.6. The van der Waals surface area contributed by atoms with Crippen molar-refractivity contribution in [2.24, 2.45) is 0 Å². The number of allylic oxidation sites excluding steroid dienone is 2. The molecule has 132 valence electrons. The van der Waals surface area contributed by atoms with Gasteiger partial charge < -0.3 is 15.0 Å². The second kappa shape index (κ2) is 7.09. The number of halogens is 1. The Bertz CT molecular complexity index is 608. The van der Waals surface area contributed by atoms with Crippen molar-refractivity contribution in [3.05, 3.63) is 34.6 Å². The van der Waals surface area contributed by atoms with Crippen molar-refractivity contribution in [2.45, 2.75) is 44.6 Å². The molecule has 0 spiro atoms. The fourth-order valence-electron chi connectivity index (χ4n) is 4.02. The van der Waals surface area contributed by atoms with Gasteiger partial charge >= 0.3 is 5.97 Å². The molecule has 0 bridgehead atoms. The van der Waals surface area contributed by atoms with Crippen molar-refractivity contribution in [1.82, 2.24) is 10.2 Å². The summed E-state index contributed by atoms with van der Waals surface area (Å²) in [5, 5.41) is 3.15. The van der Waals surface area contributed by atoms with Crippen molar-refractivity contribution in [1.29, 1.82) is 0 Å². The zero-order chi connectivity index (χ0) is 17.2. The Morgan fingerprint density at radius 2 is 2.25 bits per heavy atom. The van der Waals surface area contributed by atoms with Crippen LogP contribution < -0.4 is 5.32 Å². The Morgan fingerprint density at radius 3 is 3.00 bits per heavy atom. The largest absolute Gasteiger partial charge is 0.451 e. The van der Waals surface area contributed by atoms with E-state index in [2.05, 4.69) is 16.3 Å². The number of carbonyl (C=O) groups is 1. The first-order valence-corrected chi connectivity index (χ1v) is 8.91. The lowest BCUT2D eigenvalue weighted by molar-refractivity contribution is -0.150. The van der Waals surface area contributed by atoms with Crippen molar-refractivity contribution in [3.8, 4) is 0 Å². The minimum atomic E-state index is -0.598. The number of nitrogens with one attached hydrogen (secondary N) is 1. The highest BCUT2D eigenvalue weighted by molar-refractivity contribution is 5.87. The lowest BCUT2D eigenvalue weighted by Gasteiger charge is -2.44. The maximum Gasteiger partial charge on any atom is 0.331 e. The number of carbonyl (C=O) groups excluding carboxylic acids is 1. The Hall–Kier alpha value is -1.62. The fourth-order valence-corrected chi connectivity index (χ4v) is 4.02. The molecule has 1 aliphatic carbocycles. The Labute approximate surface area is 143 Å². The number of nitrogens with zero attached hydrogens (tertiary/aromatic N) is 1. The number of rotatable bonds is 6. The van der Waals surface area contributed by atoms with Gasteiger partial charge in [-0.3, -0.25) is 4.39 Å². The summed E-state index contributed by atoms with van der Waals surface area (Å²) in [5.41, 5.74) is 4.20. The maximum absolute atomic E-state index is 12.6. The van der Waals surface area contributed by atoms with Crippen LogP contribution >= 0.6 is 0 Å². The van der Waals surface area contributed by atoms with Gasteiger partial charge in [0, 0.05) is 31.3 Å². The molecule has 0 saturated carbocycles. The van der Waals surface area contributed by atoms with Gasteiger partial charge in [-0.2, -0.15) is 0 Å². The average molecular weight is 334 g/mol. The predicted molar refractivity (Wildman–Crippen MR) is 92.2 cm³/mol. The molecular formula is C19H27FN2O2. The SMILES string of the molecule is CNCCC1=CC(=O)OC2(C)CC3=C(C=C12)CCCN3CCCF. The molecule has 0 amide bonds. The maximum atomic E-state index is 12.6. The van der Waals surface area contributed by atoms with Crippen LogP contribution in [-0.4, -0.2) is 49.8 Å². The van der Waals surface area contributed by atoms with E-state index in [1.54, 1.807) is 6.08 Å². The molecule has 24 heavy (non-hydrogen) atoms. The Kier molecular flexibility index (Phi) is 5.09. The van der Waals surface area contributed by atoms with Crippen molar-refractivity contribution in [3.63, 3.8) is 0 Å². The van der Waals surface area contributed by atoms with E-state index in [1.807, 2.05) is 14.0 Å². The number of hydrogen-bond donors (Lipinski definition) is 1. The number of alkyl halides is 1. The summed E-state index contributed by atoms with van der Waals surface area (Å²) < 4.78 is 18.4. The van der Waals surface area contributed by atoms with Crippen LogP contribution in [0.15, 0.2) is 34.6 Å². The quantitative estimate of drug-likeness (QED) is 0.759. The topological polar surface area (TPSA) is 41.6 Å². The average Bonchev–Trinajstić information content (AvgIpc) is 2.55.